The van der Waals surface area contributed by atoms with Crippen LogP contribution in [0.4, 0.5) is 5.13 Å². The van der Waals surface area contributed by atoms with Crippen molar-refractivity contribution in [2.45, 2.75) is 0 Å². The molecule has 0 aliphatic heterocycles. The number of nitrogens with zero attached hydrogens (tertiary/aromatic N) is 2. The van der Waals surface area contributed by atoms with Gasteiger partial charge in [-0.05, 0) is 35.9 Å². The summed E-state index contributed by atoms with van der Waals surface area (Å²) < 4.78 is 15.7. The van der Waals surface area contributed by atoms with Crippen LogP contribution in [0.1, 0.15) is 5.56 Å². The summed E-state index contributed by atoms with van der Waals surface area (Å²) in [6.45, 7) is 0. The van der Waals surface area contributed by atoms with E-state index in [1.54, 1.807) is 32.4 Å². The minimum absolute atomic E-state index is 0.289. The molecule has 3 aromatic rings. The number of methoxy groups -OCH3 is 2. The summed E-state index contributed by atoms with van der Waals surface area (Å²) in [5.74, 6) is 1.52. The Hall–Kier alpha value is -2.71. The van der Waals surface area contributed by atoms with Crippen LogP contribution >= 0.6 is 27.5 Å². The molecule has 138 valence electrons. The van der Waals surface area contributed by atoms with Gasteiger partial charge in [0.15, 0.2) is 17.3 Å². The standard InChI is InChI=1S/C19H16BrN3O3S/c1-25-15-9-3-12(11-16(15)26-2)4-10-17(24)21-19-22-18(23-27-19)13-5-7-14(20)8-6-13/h3-11H,1-2H3,(H,21,22,23,24)/b10-4+. The molecule has 1 aromatic heterocycles. The Labute approximate surface area is 169 Å². The second-order valence-electron chi connectivity index (χ2n) is 5.37. The molecule has 6 nitrogen and oxygen atoms in total. The third-order valence-electron chi connectivity index (χ3n) is 3.59. The van der Waals surface area contributed by atoms with Gasteiger partial charge in [0.1, 0.15) is 0 Å². The summed E-state index contributed by atoms with van der Waals surface area (Å²) in [5, 5.41) is 3.16. The lowest BCUT2D eigenvalue weighted by Gasteiger charge is -2.07. The lowest BCUT2D eigenvalue weighted by Crippen LogP contribution is -2.07. The maximum Gasteiger partial charge on any atom is 0.250 e. The maximum absolute atomic E-state index is 12.1. The predicted molar refractivity (Wildman–Crippen MR) is 110 cm³/mol. The van der Waals surface area contributed by atoms with Gasteiger partial charge in [0.2, 0.25) is 11.0 Å². The van der Waals surface area contributed by atoms with Crippen LogP contribution in [-0.2, 0) is 4.79 Å². The molecule has 3 rings (SSSR count). The lowest BCUT2D eigenvalue weighted by atomic mass is 10.2. The van der Waals surface area contributed by atoms with Gasteiger partial charge in [-0.3, -0.25) is 10.1 Å². The first kappa shape index (κ1) is 19.1. The SMILES string of the molecule is COc1ccc(/C=C/C(=O)Nc2nc(-c3ccc(Br)cc3)ns2)cc1OC. The van der Waals surface area contributed by atoms with Crippen LogP contribution in [0.25, 0.3) is 17.5 Å². The Morgan fingerprint density at radius 2 is 1.85 bits per heavy atom. The highest BCUT2D eigenvalue weighted by molar-refractivity contribution is 9.10. The molecular weight excluding hydrogens is 430 g/mol. The van der Waals surface area contributed by atoms with E-state index in [0.29, 0.717) is 22.5 Å². The number of aromatic nitrogens is 2. The van der Waals surface area contributed by atoms with Crippen molar-refractivity contribution in [2.75, 3.05) is 19.5 Å². The van der Waals surface area contributed by atoms with Gasteiger partial charge >= 0.3 is 0 Å². The first-order chi connectivity index (χ1) is 13.1. The van der Waals surface area contributed by atoms with Gasteiger partial charge < -0.3 is 9.47 Å². The molecule has 0 saturated heterocycles. The first-order valence-corrected chi connectivity index (χ1v) is 9.46. The lowest BCUT2D eigenvalue weighted by molar-refractivity contribution is -0.111. The molecular formula is C19H16BrN3O3S. The summed E-state index contributed by atoms with van der Waals surface area (Å²) in [6, 6.07) is 13.1. The van der Waals surface area contributed by atoms with Gasteiger partial charge in [0.05, 0.1) is 14.2 Å². The number of carbonyl (C=O) groups is 1. The van der Waals surface area contributed by atoms with E-state index in [-0.39, 0.29) is 5.91 Å². The van der Waals surface area contributed by atoms with E-state index < -0.39 is 0 Å². The third-order valence-corrected chi connectivity index (χ3v) is 4.75. The molecule has 0 radical (unpaired) electrons. The number of carbonyl (C=O) groups excluding carboxylic acids is 1. The van der Waals surface area contributed by atoms with Crippen LogP contribution in [0.15, 0.2) is 53.0 Å². The van der Waals surface area contributed by atoms with Gasteiger partial charge in [-0.2, -0.15) is 9.36 Å². The molecule has 0 aliphatic carbocycles. The molecule has 27 heavy (non-hydrogen) atoms. The molecule has 0 spiro atoms. The van der Waals surface area contributed by atoms with Crippen molar-refractivity contribution in [1.29, 1.82) is 0 Å². The Morgan fingerprint density at radius 1 is 1.11 bits per heavy atom. The number of anilines is 1. The number of rotatable bonds is 6. The van der Waals surface area contributed by atoms with Gasteiger partial charge in [-0.1, -0.05) is 34.1 Å². The fraction of sp³-hybridized carbons (Fsp3) is 0.105. The van der Waals surface area contributed by atoms with Crippen LogP contribution in [0.5, 0.6) is 11.5 Å². The molecule has 0 unspecified atom stereocenters. The van der Waals surface area contributed by atoms with E-state index in [9.17, 15) is 4.79 Å². The molecule has 1 heterocycles. The molecule has 0 saturated carbocycles. The van der Waals surface area contributed by atoms with Crippen LogP contribution < -0.4 is 14.8 Å². The van der Waals surface area contributed by atoms with E-state index in [1.807, 2.05) is 30.3 Å². The Morgan fingerprint density at radius 3 is 2.56 bits per heavy atom. The third kappa shape index (κ3) is 4.93. The second-order valence-corrected chi connectivity index (χ2v) is 7.03. The molecule has 1 amide bonds. The van der Waals surface area contributed by atoms with Crippen molar-refractivity contribution in [1.82, 2.24) is 9.36 Å². The van der Waals surface area contributed by atoms with E-state index in [4.69, 9.17) is 9.47 Å². The number of hydrogen-bond acceptors (Lipinski definition) is 6. The van der Waals surface area contributed by atoms with Crippen LogP contribution in [-0.4, -0.2) is 29.5 Å². The Balaban J connectivity index is 1.66. The summed E-state index contributed by atoms with van der Waals surface area (Å²) in [7, 11) is 3.14. The first-order valence-electron chi connectivity index (χ1n) is 7.90. The van der Waals surface area contributed by atoms with Crippen LogP contribution in [0.3, 0.4) is 0 Å². The topological polar surface area (TPSA) is 73.3 Å². The Bertz CT molecular complexity index is 971. The molecule has 0 bridgehead atoms. The van der Waals surface area contributed by atoms with Crippen molar-refractivity contribution >= 4 is 44.6 Å². The largest absolute Gasteiger partial charge is 0.493 e. The zero-order chi connectivity index (χ0) is 19.2. The number of amides is 1. The van der Waals surface area contributed by atoms with E-state index in [2.05, 4.69) is 30.6 Å². The summed E-state index contributed by atoms with van der Waals surface area (Å²) in [4.78, 5) is 16.5. The minimum atomic E-state index is -0.289. The van der Waals surface area contributed by atoms with E-state index in [1.165, 1.54) is 6.08 Å². The summed E-state index contributed by atoms with van der Waals surface area (Å²) in [6.07, 6.45) is 3.12. The van der Waals surface area contributed by atoms with Crippen LogP contribution in [0, 0.1) is 0 Å². The molecule has 0 atom stereocenters. The smallest absolute Gasteiger partial charge is 0.250 e. The van der Waals surface area contributed by atoms with E-state index >= 15 is 0 Å². The summed E-state index contributed by atoms with van der Waals surface area (Å²) in [5.41, 5.74) is 1.70. The number of benzene rings is 2. The molecule has 0 fully saturated rings. The molecule has 8 heteroatoms. The zero-order valence-electron chi connectivity index (χ0n) is 14.6. The maximum atomic E-state index is 12.1. The van der Waals surface area contributed by atoms with Crippen molar-refractivity contribution in [3.63, 3.8) is 0 Å². The normalized spacial score (nSPS) is 10.8. The average Bonchev–Trinajstić information content (AvgIpc) is 3.15. The molecule has 1 N–H and O–H groups in total. The molecule has 0 aliphatic rings. The highest BCUT2D eigenvalue weighted by Crippen LogP contribution is 2.28. The van der Waals surface area contributed by atoms with E-state index in [0.717, 1.165) is 27.1 Å². The predicted octanol–water partition coefficient (Wildman–Crippen LogP) is 4.64. The second kappa shape index (κ2) is 8.79. The van der Waals surface area contributed by atoms with Crippen molar-refractivity contribution in [3.05, 3.63) is 58.6 Å². The number of ether oxygens (including phenoxy) is 2. The number of halogens is 1. The average molecular weight is 446 g/mol. The van der Waals surface area contributed by atoms with Gasteiger partial charge in [-0.15, -0.1) is 0 Å². The fourth-order valence-corrected chi connectivity index (χ4v) is 3.12. The fourth-order valence-electron chi connectivity index (χ4n) is 2.27. The van der Waals surface area contributed by atoms with Crippen molar-refractivity contribution in [3.8, 4) is 22.9 Å². The quantitative estimate of drug-likeness (QED) is 0.559. The van der Waals surface area contributed by atoms with Gasteiger partial charge in [0, 0.05) is 27.6 Å². The number of hydrogen-bond donors (Lipinski definition) is 1. The zero-order valence-corrected chi connectivity index (χ0v) is 17.0. The van der Waals surface area contributed by atoms with Gasteiger partial charge in [0.25, 0.3) is 0 Å². The monoisotopic (exact) mass is 445 g/mol. The Kier molecular flexibility index (Phi) is 6.20. The highest BCUT2D eigenvalue weighted by Gasteiger charge is 2.08. The summed E-state index contributed by atoms with van der Waals surface area (Å²) >= 11 is 4.53. The molecule has 2 aromatic carbocycles. The van der Waals surface area contributed by atoms with Crippen molar-refractivity contribution < 1.29 is 14.3 Å². The van der Waals surface area contributed by atoms with Gasteiger partial charge in [-0.25, -0.2) is 0 Å². The van der Waals surface area contributed by atoms with Crippen molar-refractivity contribution in [2.24, 2.45) is 0 Å². The minimum Gasteiger partial charge on any atom is -0.493 e. The number of nitrogens with one attached hydrogen (secondary N) is 1. The van der Waals surface area contributed by atoms with Crippen LogP contribution in [0.2, 0.25) is 0 Å². The highest BCUT2D eigenvalue weighted by atomic mass is 79.9.